The molecular weight excluding hydrogens is 214 g/mol. The molecule has 2 aromatic heterocycles. The number of hydrogen-bond acceptors (Lipinski definition) is 3. The quantitative estimate of drug-likeness (QED) is 0.860. The fourth-order valence-corrected chi connectivity index (χ4v) is 2.04. The molecule has 17 heavy (non-hydrogen) atoms. The lowest BCUT2D eigenvalue weighted by molar-refractivity contribution is 0.279. The molecule has 0 fully saturated rings. The van der Waals surface area contributed by atoms with Crippen molar-refractivity contribution in [3.8, 4) is 0 Å². The Morgan fingerprint density at radius 3 is 2.94 bits per heavy atom. The average molecular weight is 233 g/mol. The first-order valence-electron chi connectivity index (χ1n) is 6.19. The minimum atomic E-state index is 0.205. The van der Waals surface area contributed by atoms with Crippen LogP contribution in [0.5, 0.6) is 0 Å². The van der Waals surface area contributed by atoms with Crippen LogP contribution < -0.4 is 0 Å². The van der Waals surface area contributed by atoms with Crippen molar-refractivity contribution >= 4 is 11.2 Å². The van der Waals surface area contributed by atoms with Gasteiger partial charge < -0.3 is 9.67 Å². The molecule has 92 valence electrons. The lowest BCUT2D eigenvalue weighted by Crippen LogP contribution is -2.06. The molecule has 4 nitrogen and oxygen atoms in total. The predicted molar refractivity (Wildman–Crippen MR) is 68.0 cm³/mol. The second kappa shape index (κ2) is 5.27. The molecule has 0 spiro atoms. The van der Waals surface area contributed by atoms with Gasteiger partial charge in [0.15, 0.2) is 5.65 Å². The lowest BCUT2D eigenvalue weighted by Gasteiger charge is -2.06. The number of aromatic nitrogens is 3. The van der Waals surface area contributed by atoms with Crippen LogP contribution in [0.15, 0.2) is 12.3 Å². The summed E-state index contributed by atoms with van der Waals surface area (Å²) in [6, 6.07) is 2.07. The first kappa shape index (κ1) is 12.0. The first-order valence-corrected chi connectivity index (χ1v) is 6.19. The van der Waals surface area contributed by atoms with Gasteiger partial charge in [0.05, 0.1) is 0 Å². The minimum absolute atomic E-state index is 0.205. The van der Waals surface area contributed by atoms with E-state index in [1.54, 1.807) is 0 Å². The molecule has 1 N–H and O–H groups in total. The Kier molecular flexibility index (Phi) is 3.74. The summed E-state index contributed by atoms with van der Waals surface area (Å²) in [5.41, 5.74) is 3.03. The standard InChI is InChI=1S/C13H19N3O/c1-3-5-12-15-11-8-10(2)9-14-13(11)16(12)6-4-7-17/h8-9,17H,3-7H2,1-2H3. The van der Waals surface area contributed by atoms with E-state index in [4.69, 9.17) is 5.11 Å². The summed E-state index contributed by atoms with van der Waals surface area (Å²) in [6.45, 7) is 5.17. The Morgan fingerprint density at radius 2 is 2.24 bits per heavy atom. The van der Waals surface area contributed by atoms with E-state index in [0.29, 0.717) is 0 Å². The zero-order valence-corrected chi connectivity index (χ0v) is 10.5. The fourth-order valence-electron chi connectivity index (χ4n) is 2.04. The van der Waals surface area contributed by atoms with E-state index in [9.17, 15) is 0 Å². The van der Waals surface area contributed by atoms with Gasteiger partial charge in [0.2, 0.25) is 0 Å². The monoisotopic (exact) mass is 233 g/mol. The number of fused-ring (bicyclic) bond motifs is 1. The average Bonchev–Trinajstić information content (AvgIpc) is 2.63. The van der Waals surface area contributed by atoms with E-state index in [0.717, 1.165) is 48.4 Å². The topological polar surface area (TPSA) is 50.9 Å². The molecule has 0 bridgehead atoms. The number of nitrogens with zero attached hydrogens (tertiary/aromatic N) is 3. The summed E-state index contributed by atoms with van der Waals surface area (Å²) >= 11 is 0. The SMILES string of the molecule is CCCc1nc2cc(C)cnc2n1CCCO. The molecule has 0 saturated heterocycles. The summed E-state index contributed by atoms with van der Waals surface area (Å²) in [5, 5.41) is 8.95. The second-order valence-electron chi connectivity index (χ2n) is 4.36. The van der Waals surface area contributed by atoms with Crippen LogP contribution in [0.3, 0.4) is 0 Å². The molecular formula is C13H19N3O. The molecule has 0 atom stereocenters. The number of aliphatic hydroxyl groups excluding tert-OH is 1. The van der Waals surface area contributed by atoms with Gasteiger partial charge in [0.25, 0.3) is 0 Å². The van der Waals surface area contributed by atoms with Crippen molar-refractivity contribution in [3.63, 3.8) is 0 Å². The van der Waals surface area contributed by atoms with Crippen molar-refractivity contribution in [2.45, 2.75) is 39.7 Å². The molecule has 0 radical (unpaired) electrons. The molecule has 2 aromatic rings. The van der Waals surface area contributed by atoms with Crippen molar-refractivity contribution in [2.75, 3.05) is 6.61 Å². The van der Waals surface area contributed by atoms with Crippen molar-refractivity contribution in [3.05, 3.63) is 23.7 Å². The molecule has 0 aromatic carbocycles. The van der Waals surface area contributed by atoms with Crippen LogP contribution in [0.2, 0.25) is 0 Å². The maximum Gasteiger partial charge on any atom is 0.160 e. The highest BCUT2D eigenvalue weighted by Gasteiger charge is 2.10. The summed E-state index contributed by atoms with van der Waals surface area (Å²) in [5.74, 6) is 1.08. The zero-order valence-electron chi connectivity index (χ0n) is 10.5. The highest BCUT2D eigenvalue weighted by atomic mass is 16.3. The summed E-state index contributed by atoms with van der Waals surface area (Å²) in [6.07, 6.45) is 4.65. The van der Waals surface area contributed by atoms with Gasteiger partial charge in [-0.1, -0.05) is 6.92 Å². The van der Waals surface area contributed by atoms with Gasteiger partial charge in [0.1, 0.15) is 11.3 Å². The van der Waals surface area contributed by atoms with Gasteiger partial charge in [-0.3, -0.25) is 0 Å². The zero-order chi connectivity index (χ0) is 12.3. The summed E-state index contributed by atoms with van der Waals surface area (Å²) < 4.78 is 2.13. The number of rotatable bonds is 5. The molecule has 2 rings (SSSR count). The van der Waals surface area contributed by atoms with Gasteiger partial charge in [-0.15, -0.1) is 0 Å². The van der Waals surface area contributed by atoms with Crippen molar-refractivity contribution in [2.24, 2.45) is 0 Å². The molecule has 0 saturated carbocycles. The van der Waals surface area contributed by atoms with Crippen LogP contribution in [0.4, 0.5) is 0 Å². The van der Waals surface area contributed by atoms with Crippen molar-refractivity contribution in [1.82, 2.24) is 14.5 Å². The van der Waals surface area contributed by atoms with Gasteiger partial charge in [-0.25, -0.2) is 9.97 Å². The maximum atomic E-state index is 8.95. The van der Waals surface area contributed by atoms with Crippen molar-refractivity contribution in [1.29, 1.82) is 0 Å². The van der Waals surface area contributed by atoms with Crippen LogP contribution in [0.25, 0.3) is 11.2 Å². The van der Waals surface area contributed by atoms with E-state index in [1.165, 1.54) is 0 Å². The van der Waals surface area contributed by atoms with Crippen molar-refractivity contribution < 1.29 is 5.11 Å². The summed E-state index contributed by atoms with van der Waals surface area (Å²) in [4.78, 5) is 9.09. The lowest BCUT2D eigenvalue weighted by atomic mass is 10.3. The van der Waals surface area contributed by atoms with Gasteiger partial charge >= 0.3 is 0 Å². The molecule has 0 aliphatic rings. The van der Waals surface area contributed by atoms with Crippen LogP contribution >= 0.6 is 0 Å². The number of imidazole rings is 1. The van der Waals surface area contributed by atoms with Crippen LogP contribution in [-0.2, 0) is 13.0 Å². The first-order chi connectivity index (χ1) is 8.26. The summed E-state index contributed by atoms with van der Waals surface area (Å²) in [7, 11) is 0. The van der Waals surface area contributed by atoms with Crippen LogP contribution in [0.1, 0.15) is 31.2 Å². The normalized spacial score (nSPS) is 11.2. The largest absolute Gasteiger partial charge is 0.396 e. The maximum absolute atomic E-state index is 8.95. The number of pyridine rings is 1. The Balaban J connectivity index is 2.46. The van der Waals surface area contributed by atoms with Crippen LogP contribution in [-0.4, -0.2) is 26.2 Å². The number of aliphatic hydroxyl groups is 1. The number of aryl methyl sites for hydroxylation is 3. The third-order valence-electron chi connectivity index (χ3n) is 2.81. The highest BCUT2D eigenvalue weighted by molar-refractivity contribution is 5.72. The molecule has 4 heteroatoms. The third kappa shape index (κ3) is 2.47. The Morgan fingerprint density at radius 1 is 1.41 bits per heavy atom. The highest BCUT2D eigenvalue weighted by Crippen LogP contribution is 2.16. The minimum Gasteiger partial charge on any atom is -0.396 e. The molecule has 0 aliphatic heterocycles. The molecule has 2 heterocycles. The molecule has 0 aliphatic carbocycles. The third-order valence-corrected chi connectivity index (χ3v) is 2.81. The predicted octanol–water partition coefficient (Wildman–Crippen LogP) is 2.07. The van der Waals surface area contributed by atoms with E-state index >= 15 is 0 Å². The van der Waals surface area contributed by atoms with E-state index < -0.39 is 0 Å². The molecule has 0 amide bonds. The Hall–Kier alpha value is -1.42. The van der Waals surface area contributed by atoms with Crippen LogP contribution in [0, 0.1) is 6.92 Å². The fraction of sp³-hybridized carbons (Fsp3) is 0.538. The Bertz CT molecular complexity index is 505. The van der Waals surface area contributed by atoms with E-state index in [-0.39, 0.29) is 6.61 Å². The van der Waals surface area contributed by atoms with Gasteiger partial charge in [0, 0.05) is 25.8 Å². The smallest absolute Gasteiger partial charge is 0.160 e. The second-order valence-corrected chi connectivity index (χ2v) is 4.36. The van der Waals surface area contributed by atoms with E-state index in [2.05, 4.69) is 27.5 Å². The van der Waals surface area contributed by atoms with Gasteiger partial charge in [-0.2, -0.15) is 0 Å². The molecule has 0 unspecified atom stereocenters. The number of hydrogen-bond donors (Lipinski definition) is 1. The van der Waals surface area contributed by atoms with Gasteiger partial charge in [-0.05, 0) is 31.4 Å². The van der Waals surface area contributed by atoms with E-state index in [1.807, 2.05) is 13.1 Å². The Labute approximate surface area is 101 Å².